The van der Waals surface area contributed by atoms with Gasteiger partial charge in [-0.1, -0.05) is 73.0 Å². The summed E-state index contributed by atoms with van der Waals surface area (Å²) in [5.41, 5.74) is 4.38. The molecule has 2 fully saturated rings. The van der Waals surface area contributed by atoms with Gasteiger partial charge in [0.25, 0.3) is 5.91 Å². The van der Waals surface area contributed by atoms with Crippen LogP contribution >= 0.6 is 0 Å². The molecule has 4 aliphatic rings. The Morgan fingerprint density at radius 3 is 2.57 bits per heavy atom. The number of nitrogens with zero attached hydrogens (tertiary/aromatic N) is 1. The molecular formula is C32H37N3O2. The fraction of sp³-hybridized carbons (Fsp3) is 0.438. The minimum atomic E-state index is -0.166. The van der Waals surface area contributed by atoms with Crippen molar-refractivity contribution >= 4 is 17.5 Å². The van der Waals surface area contributed by atoms with Gasteiger partial charge in [-0.05, 0) is 56.4 Å². The van der Waals surface area contributed by atoms with Gasteiger partial charge in [-0.15, -0.1) is 0 Å². The van der Waals surface area contributed by atoms with E-state index in [1.54, 1.807) is 0 Å². The normalized spacial score (nSPS) is 30.5. The molecule has 6 rings (SSSR count). The number of carbonyl (C=O) groups excluding carboxylic acids is 2. The Kier molecular flexibility index (Phi) is 6.62. The van der Waals surface area contributed by atoms with E-state index in [9.17, 15) is 9.59 Å². The number of likely N-dealkylation sites (tertiary alicyclic amines) is 1. The van der Waals surface area contributed by atoms with E-state index in [1.165, 1.54) is 11.1 Å². The lowest BCUT2D eigenvalue weighted by Crippen LogP contribution is -2.51. The van der Waals surface area contributed by atoms with Gasteiger partial charge in [0.1, 0.15) is 0 Å². The second kappa shape index (κ2) is 10.2. The van der Waals surface area contributed by atoms with Crippen LogP contribution in [0, 0.1) is 17.8 Å². The first-order valence-corrected chi connectivity index (χ1v) is 14.0. The number of para-hydroxylation sites is 1. The number of benzene rings is 2. The van der Waals surface area contributed by atoms with Crippen molar-refractivity contribution in [2.75, 3.05) is 11.9 Å². The first-order valence-electron chi connectivity index (χ1n) is 14.0. The van der Waals surface area contributed by atoms with Gasteiger partial charge in [-0.25, -0.2) is 0 Å². The van der Waals surface area contributed by atoms with Crippen LogP contribution < -0.4 is 10.6 Å². The van der Waals surface area contributed by atoms with Crippen molar-refractivity contribution in [2.24, 2.45) is 17.8 Å². The quantitative estimate of drug-likeness (QED) is 0.557. The van der Waals surface area contributed by atoms with Gasteiger partial charge in [-0.2, -0.15) is 0 Å². The molecule has 1 saturated carbocycles. The first-order chi connectivity index (χ1) is 18.1. The Morgan fingerprint density at radius 2 is 1.76 bits per heavy atom. The monoisotopic (exact) mass is 495 g/mol. The van der Waals surface area contributed by atoms with E-state index in [0.717, 1.165) is 50.8 Å². The lowest BCUT2D eigenvalue weighted by Gasteiger charge is -2.44. The number of fused-ring (bicyclic) bond motifs is 3. The Labute approximate surface area is 220 Å². The number of amides is 2. The maximum atomic E-state index is 14.3. The predicted molar refractivity (Wildman–Crippen MR) is 147 cm³/mol. The number of carbonyl (C=O) groups is 2. The molecule has 0 bridgehead atoms. The van der Waals surface area contributed by atoms with E-state index >= 15 is 0 Å². The van der Waals surface area contributed by atoms with Crippen LogP contribution in [0.25, 0.3) is 0 Å². The van der Waals surface area contributed by atoms with E-state index in [1.807, 2.05) is 30.3 Å². The number of rotatable bonds is 4. The van der Waals surface area contributed by atoms with Gasteiger partial charge in [0.2, 0.25) is 5.91 Å². The van der Waals surface area contributed by atoms with Crippen molar-refractivity contribution in [1.29, 1.82) is 0 Å². The molecule has 5 nitrogen and oxygen atoms in total. The summed E-state index contributed by atoms with van der Waals surface area (Å²) >= 11 is 0. The minimum absolute atomic E-state index is 0.0793. The highest BCUT2D eigenvalue weighted by atomic mass is 16.2. The molecule has 2 aliphatic heterocycles. The third-order valence-corrected chi connectivity index (χ3v) is 9.01. The maximum absolute atomic E-state index is 14.3. The molecule has 0 radical (unpaired) electrons. The van der Waals surface area contributed by atoms with Crippen LogP contribution in [-0.4, -0.2) is 35.3 Å². The highest BCUT2D eigenvalue weighted by molar-refractivity contribution is 5.95. The van der Waals surface area contributed by atoms with Crippen molar-refractivity contribution in [3.05, 3.63) is 89.5 Å². The summed E-state index contributed by atoms with van der Waals surface area (Å²) in [5, 5.41) is 7.10. The molecule has 2 aromatic carbocycles. The van der Waals surface area contributed by atoms with Crippen LogP contribution in [0.3, 0.4) is 0 Å². The number of hydrogen-bond donors (Lipinski definition) is 2. The minimum Gasteiger partial charge on any atom is -0.381 e. The lowest BCUT2D eigenvalue weighted by molar-refractivity contribution is -0.139. The molecule has 2 amide bonds. The summed E-state index contributed by atoms with van der Waals surface area (Å²) in [7, 11) is 0. The van der Waals surface area contributed by atoms with Gasteiger partial charge in [0.15, 0.2) is 0 Å². The zero-order valence-corrected chi connectivity index (χ0v) is 21.6. The summed E-state index contributed by atoms with van der Waals surface area (Å²) in [6, 6.07) is 18.2. The van der Waals surface area contributed by atoms with Crippen LogP contribution in [0.5, 0.6) is 0 Å². The second-order valence-electron chi connectivity index (χ2n) is 11.2. The van der Waals surface area contributed by atoms with E-state index in [2.05, 4.69) is 65.0 Å². The molecule has 2 heterocycles. The van der Waals surface area contributed by atoms with E-state index in [0.29, 0.717) is 23.4 Å². The number of anilines is 1. The zero-order chi connectivity index (χ0) is 25.4. The van der Waals surface area contributed by atoms with Crippen molar-refractivity contribution in [1.82, 2.24) is 10.2 Å². The van der Waals surface area contributed by atoms with Crippen LogP contribution in [0.15, 0.2) is 78.4 Å². The molecule has 0 aromatic heterocycles. The van der Waals surface area contributed by atoms with Gasteiger partial charge in [0, 0.05) is 41.7 Å². The lowest BCUT2D eigenvalue weighted by atomic mass is 9.75. The number of hydrogen-bond acceptors (Lipinski definition) is 3. The van der Waals surface area contributed by atoms with Crippen LogP contribution in [-0.2, 0) is 4.79 Å². The average molecular weight is 496 g/mol. The second-order valence-corrected chi connectivity index (χ2v) is 11.2. The van der Waals surface area contributed by atoms with E-state index < -0.39 is 0 Å². The molecule has 1 saturated heterocycles. The maximum Gasteiger partial charge on any atom is 0.251 e. The Bertz CT molecular complexity index is 1220. The highest BCUT2D eigenvalue weighted by Crippen LogP contribution is 2.49. The van der Waals surface area contributed by atoms with Gasteiger partial charge < -0.3 is 15.5 Å². The third-order valence-electron chi connectivity index (χ3n) is 9.01. The van der Waals surface area contributed by atoms with Crippen LogP contribution in [0.1, 0.15) is 67.4 Å². The van der Waals surface area contributed by atoms with Crippen molar-refractivity contribution < 1.29 is 9.59 Å². The molecule has 2 N–H and O–H groups in total. The van der Waals surface area contributed by atoms with Crippen molar-refractivity contribution in [3.63, 3.8) is 0 Å². The first kappa shape index (κ1) is 24.0. The number of nitrogens with one attached hydrogen (secondary N) is 2. The van der Waals surface area contributed by atoms with Gasteiger partial charge in [-0.3, -0.25) is 9.59 Å². The molecule has 5 heteroatoms. The Morgan fingerprint density at radius 1 is 0.973 bits per heavy atom. The Hall–Kier alpha value is -3.34. The summed E-state index contributed by atoms with van der Waals surface area (Å²) in [6.07, 6.45) is 12.8. The fourth-order valence-corrected chi connectivity index (χ4v) is 7.10. The van der Waals surface area contributed by atoms with Gasteiger partial charge >= 0.3 is 0 Å². The van der Waals surface area contributed by atoms with Crippen LogP contribution in [0.2, 0.25) is 0 Å². The topological polar surface area (TPSA) is 61.4 Å². The summed E-state index contributed by atoms with van der Waals surface area (Å²) in [5.74, 6) is 0.773. The Balaban J connectivity index is 1.26. The SMILES string of the molecule is CC1=CCC([C@@H]2Nc3ccccc3[C@H]3[C@@H]2CCN3C(=O)[C@H]2CCCC[C@H]2NC(=O)c2ccccc2)C=C1. The largest absolute Gasteiger partial charge is 0.381 e. The van der Waals surface area contributed by atoms with Crippen molar-refractivity contribution in [2.45, 2.75) is 63.6 Å². The van der Waals surface area contributed by atoms with Crippen LogP contribution in [0.4, 0.5) is 5.69 Å². The number of allylic oxidation sites excluding steroid dienone is 3. The third kappa shape index (κ3) is 4.60. The van der Waals surface area contributed by atoms with Crippen molar-refractivity contribution in [3.8, 4) is 0 Å². The summed E-state index contributed by atoms with van der Waals surface area (Å²) in [6.45, 7) is 2.94. The molecule has 2 aromatic rings. The molecule has 6 atom stereocenters. The fourth-order valence-electron chi connectivity index (χ4n) is 7.10. The zero-order valence-electron chi connectivity index (χ0n) is 21.6. The highest BCUT2D eigenvalue weighted by Gasteiger charge is 2.49. The molecule has 37 heavy (non-hydrogen) atoms. The molecule has 2 aliphatic carbocycles. The molecular weight excluding hydrogens is 458 g/mol. The molecule has 0 spiro atoms. The van der Waals surface area contributed by atoms with E-state index in [-0.39, 0.29) is 29.8 Å². The summed E-state index contributed by atoms with van der Waals surface area (Å²) < 4.78 is 0. The molecule has 192 valence electrons. The van der Waals surface area contributed by atoms with E-state index in [4.69, 9.17) is 0 Å². The molecule has 1 unspecified atom stereocenters. The average Bonchev–Trinajstić information content (AvgIpc) is 3.39. The standard InChI is InChI=1S/C32H37N3O2/c1-21-15-17-22(18-16-21)29-26-19-20-35(30(26)24-11-5-7-13-27(24)33-29)32(37)25-12-6-8-14-28(25)34-31(36)23-9-3-2-4-10-23/h2-5,7,9-11,13,15-17,22,25-26,28-30,33H,6,8,12,14,18-20H2,1H3,(H,34,36)/t22?,25-,26+,28+,29-,30-/m0/s1. The summed E-state index contributed by atoms with van der Waals surface area (Å²) in [4.78, 5) is 29.4. The predicted octanol–water partition coefficient (Wildman–Crippen LogP) is 5.88. The smallest absolute Gasteiger partial charge is 0.251 e. The van der Waals surface area contributed by atoms with Gasteiger partial charge in [0.05, 0.1) is 12.0 Å².